The molecule has 0 bridgehead atoms. The molecule has 20 heavy (non-hydrogen) atoms. The van der Waals surface area contributed by atoms with Gasteiger partial charge in [-0.3, -0.25) is 0 Å². The number of aliphatic hydroxyl groups is 1. The molecule has 0 spiro atoms. The maximum Gasteiger partial charge on any atom is 0.240 e. The van der Waals surface area contributed by atoms with Crippen molar-refractivity contribution >= 4 is 10.0 Å². The van der Waals surface area contributed by atoms with Crippen LogP contribution in [0, 0.1) is 6.92 Å². The third-order valence-corrected chi connectivity index (χ3v) is 4.41. The monoisotopic (exact) mass is 295 g/mol. The molecule has 0 radical (unpaired) electrons. The fourth-order valence-corrected chi connectivity index (χ4v) is 2.84. The predicted molar refractivity (Wildman–Crippen MR) is 74.6 cm³/mol. The van der Waals surface area contributed by atoms with Gasteiger partial charge in [-0.1, -0.05) is 17.7 Å². The van der Waals surface area contributed by atoms with E-state index in [1.54, 1.807) is 24.3 Å². The van der Waals surface area contributed by atoms with Crippen LogP contribution in [0.25, 0.3) is 0 Å². The van der Waals surface area contributed by atoms with E-state index in [1.165, 1.54) is 25.3 Å². The van der Waals surface area contributed by atoms with Gasteiger partial charge >= 0.3 is 0 Å². The van der Waals surface area contributed by atoms with Gasteiger partial charge in [0.2, 0.25) is 10.0 Å². The van der Waals surface area contributed by atoms with Crippen LogP contribution in [-0.4, -0.2) is 20.1 Å². The normalized spacial score (nSPS) is 14.9. The second-order valence-electron chi connectivity index (χ2n) is 4.89. The van der Waals surface area contributed by atoms with Gasteiger partial charge in [-0.2, -0.15) is 0 Å². The number of rotatable bonds is 5. The molecule has 0 saturated heterocycles. The van der Waals surface area contributed by atoms with Crippen molar-refractivity contribution in [3.63, 3.8) is 0 Å². The maximum absolute atomic E-state index is 12.1. The molecule has 2 N–H and O–H groups in total. The van der Waals surface area contributed by atoms with Gasteiger partial charge < -0.3 is 9.52 Å². The minimum Gasteiger partial charge on any atom is -0.466 e. The van der Waals surface area contributed by atoms with Crippen LogP contribution in [0.1, 0.15) is 18.2 Å². The van der Waals surface area contributed by atoms with Gasteiger partial charge in [0.25, 0.3) is 0 Å². The molecule has 0 aliphatic heterocycles. The van der Waals surface area contributed by atoms with E-state index in [0.717, 1.165) is 5.56 Å². The summed E-state index contributed by atoms with van der Waals surface area (Å²) in [6, 6.07) is 9.73. The van der Waals surface area contributed by atoms with Crippen molar-refractivity contribution in [2.24, 2.45) is 0 Å². The SMILES string of the molecule is Cc1ccc(S(=O)(=O)NCC(C)(O)c2ccco2)cc1. The lowest BCUT2D eigenvalue weighted by molar-refractivity contribution is 0.0395. The van der Waals surface area contributed by atoms with Crippen LogP contribution in [0.15, 0.2) is 52.0 Å². The highest BCUT2D eigenvalue weighted by atomic mass is 32.2. The van der Waals surface area contributed by atoms with Gasteiger partial charge in [0.05, 0.1) is 11.2 Å². The molecule has 0 saturated carbocycles. The second kappa shape index (κ2) is 5.40. The van der Waals surface area contributed by atoms with Crippen molar-refractivity contribution in [1.29, 1.82) is 0 Å². The molecule has 6 heteroatoms. The van der Waals surface area contributed by atoms with Crippen LogP contribution in [0.2, 0.25) is 0 Å². The number of nitrogens with one attached hydrogen (secondary N) is 1. The Kier molecular flexibility index (Phi) is 3.99. The van der Waals surface area contributed by atoms with Crippen LogP contribution in [-0.2, 0) is 15.6 Å². The van der Waals surface area contributed by atoms with E-state index in [2.05, 4.69) is 4.72 Å². The first-order valence-electron chi connectivity index (χ1n) is 6.14. The van der Waals surface area contributed by atoms with Gasteiger partial charge in [0.1, 0.15) is 11.4 Å². The van der Waals surface area contributed by atoms with Crippen molar-refractivity contribution in [2.45, 2.75) is 24.3 Å². The first-order valence-corrected chi connectivity index (χ1v) is 7.62. The van der Waals surface area contributed by atoms with Crippen LogP contribution >= 0.6 is 0 Å². The third-order valence-electron chi connectivity index (χ3n) is 2.99. The summed E-state index contributed by atoms with van der Waals surface area (Å²) in [6.45, 7) is 3.20. The molecule has 1 atom stereocenters. The van der Waals surface area contributed by atoms with Crippen molar-refractivity contribution in [3.8, 4) is 0 Å². The Bertz CT molecular complexity index is 658. The molecular weight excluding hydrogens is 278 g/mol. The van der Waals surface area contributed by atoms with Gasteiger partial charge in [-0.05, 0) is 38.1 Å². The van der Waals surface area contributed by atoms with Crippen LogP contribution in [0.4, 0.5) is 0 Å². The molecule has 1 aromatic carbocycles. The molecule has 2 aromatic rings. The Morgan fingerprint density at radius 1 is 1.25 bits per heavy atom. The molecule has 0 aliphatic rings. The number of hydrogen-bond donors (Lipinski definition) is 2. The van der Waals surface area contributed by atoms with Crippen LogP contribution in [0.3, 0.4) is 0 Å². The summed E-state index contributed by atoms with van der Waals surface area (Å²) < 4.78 is 31.7. The van der Waals surface area contributed by atoms with Crippen LogP contribution in [0.5, 0.6) is 0 Å². The molecule has 1 heterocycles. The number of sulfonamides is 1. The zero-order valence-corrected chi connectivity index (χ0v) is 12.1. The van der Waals surface area contributed by atoms with Crippen molar-refractivity contribution in [1.82, 2.24) is 4.72 Å². The summed E-state index contributed by atoms with van der Waals surface area (Å²) >= 11 is 0. The van der Waals surface area contributed by atoms with E-state index in [9.17, 15) is 13.5 Å². The van der Waals surface area contributed by atoms with E-state index in [1.807, 2.05) is 6.92 Å². The summed E-state index contributed by atoms with van der Waals surface area (Å²) in [7, 11) is -3.65. The summed E-state index contributed by atoms with van der Waals surface area (Å²) in [5.41, 5.74) is -0.423. The maximum atomic E-state index is 12.1. The third kappa shape index (κ3) is 3.27. The largest absolute Gasteiger partial charge is 0.466 e. The molecule has 0 fully saturated rings. The van der Waals surface area contributed by atoms with E-state index < -0.39 is 15.6 Å². The zero-order chi connectivity index (χ0) is 14.8. The minimum absolute atomic E-state index is 0.165. The molecule has 1 aromatic heterocycles. The Labute approximate surface area is 118 Å². The Balaban J connectivity index is 2.12. The van der Waals surface area contributed by atoms with Crippen LogP contribution < -0.4 is 4.72 Å². The molecular formula is C14H17NO4S. The lowest BCUT2D eigenvalue weighted by Crippen LogP contribution is -2.38. The Morgan fingerprint density at radius 3 is 2.45 bits per heavy atom. The molecule has 2 rings (SSSR count). The minimum atomic E-state index is -3.65. The average molecular weight is 295 g/mol. The highest BCUT2D eigenvalue weighted by molar-refractivity contribution is 7.89. The molecule has 0 aliphatic carbocycles. The highest BCUT2D eigenvalue weighted by Gasteiger charge is 2.28. The lowest BCUT2D eigenvalue weighted by Gasteiger charge is -2.21. The zero-order valence-electron chi connectivity index (χ0n) is 11.3. The average Bonchev–Trinajstić information content (AvgIpc) is 2.92. The van der Waals surface area contributed by atoms with Gasteiger partial charge in [0.15, 0.2) is 0 Å². The van der Waals surface area contributed by atoms with Crippen molar-refractivity contribution in [3.05, 3.63) is 54.0 Å². The van der Waals surface area contributed by atoms with E-state index in [0.29, 0.717) is 5.76 Å². The lowest BCUT2D eigenvalue weighted by atomic mass is 10.1. The fourth-order valence-electron chi connectivity index (χ4n) is 1.71. The number of benzene rings is 1. The number of aryl methyl sites for hydroxylation is 1. The standard InChI is InChI=1S/C14H17NO4S/c1-11-5-7-12(8-6-11)20(17,18)15-10-14(2,16)13-4-3-9-19-13/h3-9,15-16H,10H2,1-2H3. The Morgan fingerprint density at radius 2 is 1.90 bits per heavy atom. The van der Waals surface area contributed by atoms with Crippen molar-refractivity contribution < 1.29 is 17.9 Å². The molecule has 1 unspecified atom stereocenters. The van der Waals surface area contributed by atoms with E-state index in [-0.39, 0.29) is 11.4 Å². The highest BCUT2D eigenvalue weighted by Crippen LogP contribution is 2.21. The first kappa shape index (κ1) is 14.8. The fraction of sp³-hybridized carbons (Fsp3) is 0.286. The topological polar surface area (TPSA) is 79.5 Å². The molecule has 108 valence electrons. The van der Waals surface area contributed by atoms with Gasteiger partial charge in [-0.15, -0.1) is 0 Å². The first-order chi connectivity index (χ1) is 9.31. The van der Waals surface area contributed by atoms with E-state index in [4.69, 9.17) is 4.42 Å². The summed E-state index contributed by atoms with van der Waals surface area (Å²) in [6.07, 6.45) is 1.43. The smallest absolute Gasteiger partial charge is 0.240 e. The predicted octanol–water partition coefficient (Wildman–Crippen LogP) is 1.77. The van der Waals surface area contributed by atoms with Crippen molar-refractivity contribution in [2.75, 3.05) is 6.54 Å². The second-order valence-corrected chi connectivity index (χ2v) is 6.66. The number of furan rings is 1. The van der Waals surface area contributed by atoms with Gasteiger partial charge in [0, 0.05) is 6.54 Å². The Hall–Kier alpha value is -1.63. The summed E-state index contributed by atoms with van der Waals surface area (Å²) in [5.74, 6) is 0.309. The summed E-state index contributed by atoms with van der Waals surface area (Å²) in [5, 5.41) is 10.2. The van der Waals surface area contributed by atoms with Gasteiger partial charge in [-0.25, -0.2) is 13.1 Å². The molecule has 5 nitrogen and oxygen atoms in total. The number of hydrogen-bond acceptors (Lipinski definition) is 4. The van der Waals surface area contributed by atoms with E-state index >= 15 is 0 Å². The molecule has 0 amide bonds. The quantitative estimate of drug-likeness (QED) is 0.881. The summed E-state index contributed by atoms with van der Waals surface area (Å²) in [4.78, 5) is 0.165.